The van der Waals surface area contributed by atoms with Gasteiger partial charge in [-0.2, -0.15) is 0 Å². The number of carbonyl (C=O) groups excluding carboxylic acids is 1. The Labute approximate surface area is 116 Å². The van der Waals surface area contributed by atoms with E-state index in [9.17, 15) is 4.79 Å². The van der Waals surface area contributed by atoms with Crippen molar-refractivity contribution in [1.29, 1.82) is 0 Å². The highest BCUT2D eigenvalue weighted by Crippen LogP contribution is 2.34. The van der Waals surface area contributed by atoms with Crippen LogP contribution in [0, 0.1) is 5.92 Å². The molecule has 1 aromatic carbocycles. The number of nitrogen functional groups attached to an aromatic ring is 1. The van der Waals surface area contributed by atoms with Crippen molar-refractivity contribution < 1.29 is 4.79 Å². The first-order chi connectivity index (χ1) is 8.60. The second kappa shape index (κ2) is 5.74. The fourth-order valence-corrected chi connectivity index (χ4v) is 2.40. The van der Waals surface area contributed by atoms with Crippen LogP contribution >= 0.6 is 15.9 Å². The normalized spacial score (nSPS) is 16.3. The van der Waals surface area contributed by atoms with Crippen molar-refractivity contribution in [2.45, 2.75) is 38.6 Å². The first kappa shape index (κ1) is 13.4. The quantitative estimate of drug-likeness (QED) is 0.820. The summed E-state index contributed by atoms with van der Waals surface area (Å²) in [4.78, 5) is 12.1. The van der Waals surface area contributed by atoms with Gasteiger partial charge < -0.3 is 11.1 Å². The fourth-order valence-electron chi connectivity index (χ4n) is 2.02. The summed E-state index contributed by atoms with van der Waals surface area (Å²) >= 11 is 3.34. The van der Waals surface area contributed by atoms with Crippen LogP contribution in [0.25, 0.3) is 0 Å². The molecule has 1 aliphatic carbocycles. The average Bonchev–Trinajstić information content (AvgIpc) is 3.15. The summed E-state index contributed by atoms with van der Waals surface area (Å²) in [6.45, 7) is 2.12. The van der Waals surface area contributed by atoms with Gasteiger partial charge in [0.15, 0.2) is 0 Å². The summed E-state index contributed by atoms with van der Waals surface area (Å²) in [6, 6.07) is 5.58. The molecule has 0 spiro atoms. The molecule has 1 atom stereocenters. The lowest BCUT2D eigenvalue weighted by Gasteiger charge is -2.16. The number of carbonyl (C=O) groups is 1. The van der Waals surface area contributed by atoms with E-state index in [0.717, 1.165) is 23.2 Å². The minimum Gasteiger partial charge on any atom is -0.398 e. The van der Waals surface area contributed by atoms with Crippen LogP contribution < -0.4 is 11.1 Å². The molecule has 18 heavy (non-hydrogen) atoms. The predicted molar refractivity (Wildman–Crippen MR) is 77.4 cm³/mol. The number of amides is 1. The standard InChI is InChI=1S/C14H19BrN2O/c1-2-11(7-9-3-4-9)17-14(18)10-5-6-13(16)12(15)8-10/h5-6,8-9,11H,2-4,7,16H2,1H3,(H,17,18). The van der Waals surface area contributed by atoms with Crippen LogP contribution in [0.1, 0.15) is 43.0 Å². The molecule has 4 heteroatoms. The zero-order valence-corrected chi connectivity index (χ0v) is 12.2. The maximum Gasteiger partial charge on any atom is 0.251 e. The summed E-state index contributed by atoms with van der Waals surface area (Å²) in [5, 5.41) is 3.10. The van der Waals surface area contributed by atoms with E-state index in [1.165, 1.54) is 12.8 Å². The van der Waals surface area contributed by atoms with E-state index in [4.69, 9.17) is 5.73 Å². The summed E-state index contributed by atoms with van der Waals surface area (Å²) in [5.74, 6) is 0.816. The molecule has 2 rings (SSSR count). The van der Waals surface area contributed by atoms with Crippen LogP contribution in [0.2, 0.25) is 0 Å². The molecule has 1 unspecified atom stereocenters. The van der Waals surface area contributed by atoms with E-state index in [1.807, 2.05) is 0 Å². The third-order valence-electron chi connectivity index (χ3n) is 3.41. The minimum atomic E-state index is -0.0109. The Morgan fingerprint density at radius 2 is 2.28 bits per heavy atom. The lowest BCUT2D eigenvalue weighted by atomic mass is 10.1. The molecule has 1 aliphatic rings. The Morgan fingerprint density at radius 1 is 1.56 bits per heavy atom. The van der Waals surface area contributed by atoms with Crippen molar-refractivity contribution in [3.8, 4) is 0 Å². The van der Waals surface area contributed by atoms with Gasteiger partial charge in [-0.1, -0.05) is 19.8 Å². The van der Waals surface area contributed by atoms with Gasteiger partial charge in [-0.25, -0.2) is 0 Å². The van der Waals surface area contributed by atoms with Gasteiger partial charge in [-0.05, 0) is 52.9 Å². The van der Waals surface area contributed by atoms with Crippen molar-refractivity contribution in [2.24, 2.45) is 5.92 Å². The molecule has 0 heterocycles. The highest BCUT2D eigenvalue weighted by molar-refractivity contribution is 9.10. The molecule has 3 nitrogen and oxygen atoms in total. The maximum atomic E-state index is 12.1. The van der Waals surface area contributed by atoms with Crippen molar-refractivity contribution in [1.82, 2.24) is 5.32 Å². The molecule has 3 N–H and O–H groups in total. The van der Waals surface area contributed by atoms with E-state index >= 15 is 0 Å². The van der Waals surface area contributed by atoms with Gasteiger partial charge in [-0.3, -0.25) is 4.79 Å². The minimum absolute atomic E-state index is 0.0109. The number of nitrogens with two attached hydrogens (primary N) is 1. The van der Waals surface area contributed by atoms with Gasteiger partial charge in [0.1, 0.15) is 0 Å². The molecular weight excluding hydrogens is 292 g/mol. The van der Waals surface area contributed by atoms with Gasteiger partial charge in [0.25, 0.3) is 5.91 Å². The van der Waals surface area contributed by atoms with Gasteiger partial charge in [0.05, 0.1) is 0 Å². The van der Waals surface area contributed by atoms with Crippen molar-refractivity contribution in [3.05, 3.63) is 28.2 Å². The number of anilines is 1. The monoisotopic (exact) mass is 310 g/mol. The van der Waals surface area contributed by atoms with Gasteiger partial charge in [0, 0.05) is 21.8 Å². The summed E-state index contributed by atoms with van der Waals surface area (Å²) in [5.41, 5.74) is 7.02. The Hall–Kier alpha value is -1.03. The Balaban J connectivity index is 1.98. The Morgan fingerprint density at radius 3 is 2.83 bits per heavy atom. The van der Waals surface area contributed by atoms with Gasteiger partial charge >= 0.3 is 0 Å². The van der Waals surface area contributed by atoms with Gasteiger partial charge in [-0.15, -0.1) is 0 Å². The van der Waals surface area contributed by atoms with E-state index in [2.05, 4.69) is 28.2 Å². The molecule has 98 valence electrons. The topological polar surface area (TPSA) is 55.1 Å². The van der Waals surface area contributed by atoms with Crippen molar-refractivity contribution in [3.63, 3.8) is 0 Å². The number of nitrogens with one attached hydrogen (secondary N) is 1. The highest BCUT2D eigenvalue weighted by Gasteiger charge is 2.25. The smallest absolute Gasteiger partial charge is 0.251 e. The second-order valence-corrected chi connectivity index (χ2v) is 5.85. The lowest BCUT2D eigenvalue weighted by molar-refractivity contribution is 0.0932. The lowest BCUT2D eigenvalue weighted by Crippen LogP contribution is -2.34. The van der Waals surface area contributed by atoms with E-state index in [1.54, 1.807) is 18.2 Å². The number of hydrogen-bond acceptors (Lipinski definition) is 2. The third-order valence-corrected chi connectivity index (χ3v) is 4.09. The first-order valence-corrected chi connectivity index (χ1v) is 7.25. The van der Waals surface area contributed by atoms with E-state index < -0.39 is 0 Å². The molecule has 0 radical (unpaired) electrons. The van der Waals surface area contributed by atoms with E-state index in [-0.39, 0.29) is 5.91 Å². The molecule has 0 aromatic heterocycles. The third kappa shape index (κ3) is 3.48. The highest BCUT2D eigenvalue weighted by atomic mass is 79.9. The zero-order chi connectivity index (χ0) is 13.1. The van der Waals surface area contributed by atoms with Crippen LogP contribution in [0.15, 0.2) is 22.7 Å². The average molecular weight is 311 g/mol. The van der Waals surface area contributed by atoms with Crippen molar-refractivity contribution in [2.75, 3.05) is 5.73 Å². The van der Waals surface area contributed by atoms with Crippen LogP contribution in [-0.4, -0.2) is 11.9 Å². The van der Waals surface area contributed by atoms with Gasteiger partial charge in [0.2, 0.25) is 0 Å². The Bertz CT molecular complexity index is 443. The molecule has 1 fully saturated rings. The molecule has 1 amide bonds. The molecule has 0 bridgehead atoms. The summed E-state index contributed by atoms with van der Waals surface area (Å²) in [7, 11) is 0. The molecule has 1 aromatic rings. The van der Waals surface area contributed by atoms with E-state index in [0.29, 0.717) is 17.3 Å². The Kier molecular flexibility index (Phi) is 4.27. The zero-order valence-electron chi connectivity index (χ0n) is 10.6. The predicted octanol–water partition coefficient (Wildman–Crippen LogP) is 3.34. The number of benzene rings is 1. The molecule has 0 saturated heterocycles. The largest absolute Gasteiger partial charge is 0.398 e. The number of rotatable bonds is 5. The fraction of sp³-hybridized carbons (Fsp3) is 0.500. The number of hydrogen-bond donors (Lipinski definition) is 2. The van der Waals surface area contributed by atoms with Crippen LogP contribution in [0.3, 0.4) is 0 Å². The van der Waals surface area contributed by atoms with Crippen LogP contribution in [0.4, 0.5) is 5.69 Å². The maximum absolute atomic E-state index is 12.1. The summed E-state index contributed by atoms with van der Waals surface area (Å²) in [6.07, 6.45) is 4.73. The van der Waals surface area contributed by atoms with Crippen LogP contribution in [-0.2, 0) is 0 Å². The SMILES string of the molecule is CCC(CC1CC1)NC(=O)c1ccc(N)c(Br)c1. The van der Waals surface area contributed by atoms with Crippen molar-refractivity contribution >= 4 is 27.5 Å². The molecular formula is C14H19BrN2O. The number of halogens is 1. The second-order valence-electron chi connectivity index (χ2n) is 4.99. The molecule has 1 saturated carbocycles. The summed E-state index contributed by atoms with van der Waals surface area (Å²) < 4.78 is 0.769. The van der Waals surface area contributed by atoms with Crippen LogP contribution in [0.5, 0.6) is 0 Å². The first-order valence-electron chi connectivity index (χ1n) is 6.46. The molecule has 0 aliphatic heterocycles.